The lowest BCUT2D eigenvalue weighted by Crippen LogP contribution is -2.35. The molecule has 0 aliphatic carbocycles. The topological polar surface area (TPSA) is 33.2 Å². The second kappa shape index (κ2) is 5.94. The molecule has 1 aromatic carbocycles. The number of rotatable bonds is 2. The van der Waals surface area contributed by atoms with Gasteiger partial charge in [-0.3, -0.25) is 4.79 Å². The van der Waals surface area contributed by atoms with Crippen LogP contribution < -0.4 is 0 Å². The van der Waals surface area contributed by atoms with Crippen molar-refractivity contribution in [2.24, 2.45) is 0 Å². The smallest absolute Gasteiger partial charge is 0.282 e. The van der Waals surface area contributed by atoms with E-state index in [0.717, 1.165) is 37.2 Å². The van der Waals surface area contributed by atoms with Crippen LogP contribution in [-0.4, -0.2) is 28.9 Å². The first-order valence-electron chi connectivity index (χ1n) is 6.75. The number of hydrogen-bond donors (Lipinski definition) is 0. The van der Waals surface area contributed by atoms with Crippen LogP contribution in [0.3, 0.4) is 0 Å². The molecule has 3 nitrogen and oxygen atoms in total. The Labute approximate surface area is 127 Å². The lowest BCUT2D eigenvalue weighted by atomic mass is 10.1. The number of carbonyl (C=O) groups is 1. The van der Waals surface area contributed by atoms with Crippen LogP contribution in [0.15, 0.2) is 29.6 Å². The maximum Gasteiger partial charge on any atom is 0.282 e. The molecule has 1 saturated heterocycles. The highest BCUT2D eigenvalue weighted by molar-refractivity contribution is 7.12. The summed E-state index contributed by atoms with van der Waals surface area (Å²) in [6.07, 6.45) is 3.42. The van der Waals surface area contributed by atoms with Crippen molar-refractivity contribution in [2.75, 3.05) is 13.1 Å². The third kappa shape index (κ3) is 2.86. The van der Waals surface area contributed by atoms with E-state index < -0.39 is 0 Å². The number of aromatic nitrogens is 1. The molecular weight excluding hydrogens is 292 g/mol. The van der Waals surface area contributed by atoms with E-state index in [0.29, 0.717) is 10.0 Å². The summed E-state index contributed by atoms with van der Waals surface area (Å²) in [6, 6.07) is 7.52. The summed E-state index contributed by atoms with van der Waals surface area (Å²) in [5.74, 6) is 0.0647. The average Bonchev–Trinajstić information content (AvgIpc) is 2.98. The highest BCUT2D eigenvalue weighted by atomic mass is 35.5. The number of nitrogens with zero attached hydrogens (tertiary/aromatic N) is 2. The van der Waals surface area contributed by atoms with Gasteiger partial charge in [-0.05, 0) is 31.4 Å². The molecule has 5 heteroatoms. The number of thiazole rings is 1. The number of piperidine rings is 1. The third-order valence-electron chi connectivity index (χ3n) is 3.47. The van der Waals surface area contributed by atoms with E-state index in [-0.39, 0.29) is 5.91 Å². The molecule has 0 N–H and O–H groups in total. The summed E-state index contributed by atoms with van der Waals surface area (Å²) in [6.45, 7) is 1.71. The van der Waals surface area contributed by atoms with Crippen molar-refractivity contribution in [2.45, 2.75) is 19.3 Å². The van der Waals surface area contributed by atoms with Crippen molar-refractivity contribution >= 4 is 28.8 Å². The lowest BCUT2D eigenvalue weighted by molar-refractivity contribution is 0.0724. The Morgan fingerprint density at radius 1 is 1.15 bits per heavy atom. The van der Waals surface area contributed by atoms with E-state index in [9.17, 15) is 4.79 Å². The second-order valence-corrected chi connectivity index (χ2v) is 6.19. The summed E-state index contributed by atoms with van der Waals surface area (Å²) >= 11 is 7.29. The van der Waals surface area contributed by atoms with E-state index in [2.05, 4.69) is 4.98 Å². The quantitative estimate of drug-likeness (QED) is 0.837. The Bertz CT molecular complexity index is 603. The van der Waals surface area contributed by atoms with Gasteiger partial charge in [-0.1, -0.05) is 23.7 Å². The van der Waals surface area contributed by atoms with Gasteiger partial charge >= 0.3 is 0 Å². The van der Waals surface area contributed by atoms with Crippen molar-refractivity contribution in [1.82, 2.24) is 9.88 Å². The SMILES string of the molecule is O=C(c1nc(-c2ccc(Cl)cc2)cs1)N1CCCCC1. The molecule has 20 heavy (non-hydrogen) atoms. The van der Waals surface area contributed by atoms with Gasteiger partial charge in [0.15, 0.2) is 5.01 Å². The summed E-state index contributed by atoms with van der Waals surface area (Å²) in [5, 5.41) is 3.21. The molecule has 0 radical (unpaired) electrons. The molecular formula is C15H15ClN2OS. The minimum Gasteiger partial charge on any atom is -0.337 e. The van der Waals surface area contributed by atoms with Crippen molar-refractivity contribution in [3.8, 4) is 11.3 Å². The van der Waals surface area contributed by atoms with E-state index in [4.69, 9.17) is 11.6 Å². The molecule has 104 valence electrons. The normalized spacial score (nSPS) is 15.3. The van der Waals surface area contributed by atoms with Crippen LogP contribution in [0.4, 0.5) is 0 Å². The van der Waals surface area contributed by atoms with Crippen LogP contribution in [0, 0.1) is 0 Å². The Hall–Kier alpha value is -1.39. The summed E-state index contributed by atoms with van der Waals surface area (Å²) in [7, 11) is 0. The molecule has 2 aromatic rings. The number of carbonyl (C=O) groups excluding carboxylic acids is 1. The minimum atomic E-state index is 0.0647. The molecule has 1 aliphatic heterocycles. The molecule has 2 heterocycles. The van der Waals surface area contributed by atoms with E-state index >= 15 is 0 Å². The van der Waals surface area contributed by atoms with Crippen molar-refractivity contribution in [3.05, 3.63) is 39.7 Å². The molecule has 1 aromatic heterocycles. The maximum atomic E-state index is 12.4. The number of halogens is 1. The first-order valence-corrected chi connectivity index (χ1v) is 8.00. The molecule has 0 bridgehead atoms. The molecule has 1 fully saturated rings. The Kier molecular flexibility index (Phi) is 4.03. The highest BCUT2D eigenvalue weighted by Crippen LogP contribution is 2.24. The van der Waals surface area contributed by atoms with Crippen LogP contribution in [0.2, 0.25) is 5.02 Å². The standard InChI is InChI=1S/C15H15ClN2OS/c16-12-6-4-11(5-7-12)13-10-20-14(17-13)15(19)18-8-2-1-3-9-18/h4-7,10H,1-3,8-9H2. The fourth-order valence-electron chi connectivity index (χ4n) is 2.36. The fourth-order valence-corrected chi connectivity index (χ4v) is 3.28. The second-order valence-electron chi connectivity index (χ2n) is 4.90. The zero-order valence-electron chi connectivity index (χ0n) is 11.0. The van der Waals surface area contributed by atoms with Gasteiger partial charge < -0.3 is 4.90 Å². The largest absolute Gasteiger partial charge is 0.337 e. The Balaban J connectivity index is 1.79. The van der Waals surface area contributed by atoms with Gasteiger partial charge in [-0.15, -0.1) is 11.3 Å². The van der Waals surface area contributed by atoms with E-state index in [1.54, 1.807) is 0 Å². The molecule has 1 aliphatic rings. The monoisotopic (exact) mass is 306 g/mol. The van der Waals surface area contributed by atoms with Gasteiger partial charge in [0.1, 0.15) is 0 Å². The zero-order chi connectivity index (χ0) is 13.9. The number of hydrogen-bond acceptors (Lipinski definition) is 3. The number of amides is 1. The van der Waals surface area contributed by atoms with Crippen molar-refractivity contribution < 1.29 is 4.79 Å². The van der Waals surface area contributed by atoms with Gasteiger partial charge in [0.2, 0.25) is 0 Å². The zero-order valence-corrected chi connectivity index (χ0v) is 12.6. The molecule has 0 saturated carbocycles. The van der Waals surface area contributed by atoms with Crippen molar-refractivity contribution in [1.29, 1.82) is 0 Å². The first-order chi connectivity index (χ1) is 9.74. The van der Waals surface area contributed by atoms with Crippen LogP contribution >= 0.6 is 22.9 Å². The van der Waals surface area contributed by atoms with Crippen LogP contribution in [0.1, 0.15) is 29.1 Å². The van der Waals surface area contributed by atoms with E-state index in [1.165, 1.54) is 17.8 Å². The molecule has 0 unspecified atom stereocenters. The number of benzene rings is 1. The van der Waals surface area contributed by atoms with Gasteiger partial charge in [-0.25, -0.2) is 4.98 Å². The lowest BCUT2D eigenvalue weighted by Gasteiger charge is -2.25. The summed E-state index contributed by atoms with van der Waals surface area (Å²) in [5.41, 5.74) is 1.83. The van der Waals surface area contributed by atoms with Gasteiger partial charge in [0.25, 0.3) is 5.91 Å². The van der Waals surface area contributed by atoms with Crippen molar-refractivity contribution in [3.63, 3.8) is 0 Å². The Morgan fingerprint density at radius 2 is 1.85 bits per heavy atom. The van der Waals surface area contributed by atoms with Crippen LogP contribution in [0.5, 0.6) is 0 Å². The Morgan fingerprint density at radius 3 is 2.55 bits per heavy atom. The predicted octanol–water partition coefficient (Wildman–Crippen LogP) is 4.09. The average molecular weight is 307 g/mol. The van der Waals surface area contributed by atoms with Gasteiger partial charge in [-0.2, -0.15) is 0 Å². The van der Waals surface area contributed by atoms with Gasteiger partial charge in [0.05, 0.1) is 5.69 Å². The predicted molar refractivity (Wildman–Crippen MR) is 82.3 cm³/mol. The van der Waals surface area contributed by atoms with Crippen LogP contribution in [-0.2, 0) is 0 Å². The first kappa shape index (κ1) is 13.6. The van der Waals surface area contributed by atoms with Gasteiger partial charge in [0, 0.05) is 29.1 Å². The molecule has 1 amide bonds. The van der Waals surface area contributed by atoms with Crippen LogP contribution in [0.25, 0.3) is 11.3 Å². The molecule has 0 spiro atoms. The maximum absolute atomic E-state index is 12.4. The molecule has 3 rings (SSSR count). The third-order valence-corrected chi connectivity index (χ3v) is 4.55. The highest BCUT2D eigenvalue weighted by Gasteiger charge is 2.21. The fraction of sp³-hybridized carbons (Fsp3) is 0.333. The minimum absolute atomic E-state index is 0.0647. The van der Waals surface area contributed by atoms with E-state index in [1.807, 2.05) is 34.5 Å². The molecule has 0 atom stereocenters. The number of likely N-dealkylation sites (tertiary alicyclic amines) is 1. The summed E-state index contributed by atoms with van der Waals surface area (Å²) < 4.78 is 0. The summed E-state index contributed by atoms with van der Waals surface area (Å²) in [4.78, 5) is 18.7.